The van der Waals surface area contributed by atoms with Crippen LogP contribution in [-0.2, 0) is 4.74 Å². The maximum atomic E-state index is 10.3. The highest BCUT2D eigenvalue weighted by Crippen LogP contribution is 2.38. The monoisotopic (exact) mass is 276 g/mol. The molecule has 0 amide bonds. The molecule has 3 nitrogen and oxygen atoms in total. The van der Waals surface area contributed by atoms with Crippen molar-refractivity contribution >= 4 is 0 Å². The second-order valence-electron chi connectivity index (χ2n) is 5.91. The summed E-state index contributed by atoms with van der Waals surface area (Å²) in [5.41, 5.74) is 1.15. The van der Waals surface area contributed by atoms with Crippen LogP contribution in [0.3, 0.4) is 0 Å². The predicted octanol–water partition coefficient (Wildman–Crippen LogP) is 3.61. The van der Waals surface area contributed by atoms with E-state index in [0.717, 1.165) is 50.0 Å². The highest BCUT2D eigenvalue weighted by Gasteiger charge is 2.28. The summed E-state index contributed by atoms with van der Waals surface area (Å²) in [5, 5.41) is 10.3. The second kappa shape index (κ2) is 6.59. The molecule has 3 rings (SSSR count). The van der Waals surface area contributed by atoms with E-state index in [4.69, 9.17) is 9.47 Å². The van der Waals surface area contributed by atoms with Gasteiger partial charge in [-0.2, -0.15) is 0 Å². The number of rotatable bonds is 3. The van der Waals surface area contributed by atoms with Gasteiger partial charge in [-0.3, -0.25) is 0 Å². The highest BCUT2D eigenvalue weighted by molar-refractivity contribution is 5.37. The van der Waals surface area contributed by atoms with Crippen molar-refractivity contribution in [1.82, 2.24) is 0 Å². The summed E-state index contributed by atoms with van der Waals surface area (Å²) >= 11 is 0. The van der Waals surface area contributed by atoms with Crippen LogP contribution in [0.15, 0.2) is 24.3 Å². The summed E-state index contributed by atoms with van der Waals surface area (Å²) in [6.45, 7) is 0.791. The SMILES string of the molecule is O[C@H]1CCCC[C@@H]1c1ccccc1OC1CCCCO1. The Morgan fingerprint density at radius 1 is 1.00 bits per heavy atom. The van der Waals surface area contributed by atoms with Gasteiger partial charge < -0.3 is 14.6 Å². The van der Waals surface area contributed by atoms with Gasteiger partial charge in [0.15, 0.2) is 6.29 Å². The third-order valence-electron chi connectivity index (χ3n) is 4.44. The minimum atomic E-state index is -0.235. The quantitative estimate of drug-likeness (QED) is 0.916. The van der Waals surface area contributed by atoms with Crippen molar-refractivity contribution in [3.05, 3.63) is 29.8 Å². The van der Waals surface area contributed by atoms with Gasteiger partial charge in [-0.1, -0.05) is 31.0 Å². The first kappa shape index (κ1) is 13.9. The van der Waals surface area contributed by atoms with E-state index >= 15 is 0 Å². The van der Waals surface area contributed by atoms with Crippen LogP contribution < -0.4 is 4.74 Å². The molecule has 2 fully saturated rings. The molecule has 1 unspecified atom stereocenters. The third-order valence-corrected chi connectivity index (χ3v) is 4.44. The molecule has 1 saturated carbocycles. The maximum absolute atomic E-state index is 10.3. The number of benzene rings is 1. The van der Waals surface area contributed by atoms with Crippen LogP contribution in [0.5, 0.6) is 5.75 Å². The van der Waals surface area contributed by atoms with Crippen molar-refractivity contribution in [1.29, 1.82) is 0 Å². The molecule has 1 saturated heterocycles. The Kier molecular flexibility index (Phi) is 4.58. The summed E-state index contributed by atoms with van der Waals surface area (Å²) in [6.07, 6.45) is 7.17. The first-order valence-corrected chi connectivity index (χ1v) is 7.90. The van der Waals surface area contributed by atoms with Gasteiger partial charge in [0, 0.05) is 12.3 Å². The van der Waals surface area contributed by atoms with Gasteiger partial charge in [0.2, 0.25) is 0 Å². The summed E-state index contributed by atoms with van der Waals surface area (Å²) in [5.74, 6) is 1.11. The van der Waals surface area contributed by atoms with Gasteiger partial charge in [0.25, 0.3) is 0 Å². The lowest BCUT2D eigenvalue weighted by molar-refractivity contribution is -0.106. The van der Waals surface area contributed by atoms with E-state index in [0.29, 0.717) is 0 Å². The lowest BCUT2D eigenvalue weighted by Crippen LogP contribution is -2.27. The molecule has 3 heteroatoms. The van der Waals surface area contributed by atoms with Crippen LogP contribution in [0.2, 0.25) is 0 Å². The number of ether oxygens (including phenoxy) is 2. The number of hydrogen-bond donors (Lipinski definition) is 1. The standard InChI is InChI=1S/C17H24O3/c18-15-9-3-1-7-13(15)14-8-2-4-10-16(14)20-17-11-5-6-12-19-17/h2,4,8,10,13,15,17-18H,1,3,5-7,9,11-12H2/t13-,15+,17?/m1/s1. The predicted molar refractivity (Wildman–Crippen MR) is 77.9 cm³/mol. The van der Waals surface area contributed by atoms with Crippen LogP contribution >= 0.6 is 0 Å². The number of para-hydroxylation sites is 1. The van der Waals surface area contributed by atoms with Crippen LogP contribution in [-0.4, -0.2) is 24.1 Å². The van der Waals surface area contributed by atoms with E-state index in [1.165, 1.54) is 12.8 Å². The van der Waals surface area contributed by atoms with Crippen LogP contribution in [0.4, 0.5) is 0 Å². The minimum absolute atomic E-state index is 0.120. The molecule has 1 aliphatic carbocycles. The Morgan fingerprint density at radius 3 is 2.60 bits per heavy atom. The molecule has 3 atom stereocenters. The smallest absolute Gasteiger partial charge is 0.199 e. The molecule has 20 heavy (non-hydrogen) atoms. The number of hydrogen-bond acceptors (Lipinski definition) is 3. The molecule has 0 radical (unpaired) electrons. The minimum Gasteiger partial charge on any atom is -0.465 e. The Morgan fingerprint density at radius 2 is 1.80 bits per heavy atom. The number of aliphatic hydroxyl groups is 1. The van der Waals surface area contributed by atoms with Gasteiger partial charge in [-0.15, -0.1) is 0 Å². The molecule has 1 heterocycles. The van der Waals surface area contributed by atoms with Crippen LogP contribution in [0, 0.1) is 0 Å². The zero-order valence-electron chi connectivity index (χ0n) is 12.0. The first-order chi connectivity index (χ1) is 9.84. The third kappa shape index (κ3) is 3.15. The highest BCUT2D eigenvalue weighted by atomic mass is 16.7. The fourth-order valence-corrected chi connectivity index (χ4v) is 3.31. The topological polar surface area (TPSA) is 38.7 Å². The van der Waals surface area contributed by atoms with E-state index < -0.39 is 0 Å². The zero-order valence-corrected chi connectivity index (χ0v) is 12.0. The normalized spacial score (nSPS) is 30.9. The summed E-state index contributed by atoms with van der Waals surface area (Å²) in [7, 11) is 0. The summed E-state index contributed by atoms with van der Waals surface area (Å²) in [4.78, 5) is 0. The molecule has 0 bridgehead atoms. The lowest BCUT2D eigenvalue weighted by Gasteiger charge is -2.31. The fraction of sp³-hybridized carbons (Fsp3) is 0.647. The Bertz CT molecular complexity index is 426. The zero-order chi connectivity index (χ0) is 13.8. The molecular weight excluding hydrogens is 252 g/mol. The molecule has 2 aliphatic rings. The van der Waals surface area contributed by atoms with Crippen molar-refractivity contribution in [3.63, 3.8) is 0 Å². The van der Waals surface area contributed by atoms with Crippen molar-refractivity contribution < 1.29 is 14.6 Å². The van der Waals surface area contributed by atoms with Crippen molar-refractivity contribution in [2.75, 3.05) is 6.61 Å². The van der Waals surface area contributed by atoms with E-state index in [2.05, 4.69) is 6.07 Å². The fourth-order valence-electron chi connectivity index (χ4n) is 3.31. The van der Waals surface area contributed by atoms with Gasteiger partial charge in [0.05, 0.1) is 12.7 Å². The van der Waals surface area contributed by atoms with Crippen LogP contribution in [0.25, 0.3) is 0 Å². The van der Waals surface area contributed by atoms with Crippen molar-refractivity contribution in [2.24, 2.45) is 0 Å². The van der Waals surface area contributed by atoms with Gasteiger partial charge >= 0.3 is 0 Å². The molecule has 1 aromatic carbocycles. The molecule has 1 N–H and O–H groups in total. The van der Waals surface area contributed by atoms with Gasteiger partial charge in [-0.25, -0.2) is 0 Å². The van der Waals surface area contributed by atoms with E-state index in [1.807, 2.05) is 18.2 Å². The van der Waals surface area contributed by atoms with Crippen molar-refractivity contribution in [3.8, 4) is 5.75 Å². The summed E-state index contributed by atoms with van der Waals surface area (Å²) in [6, 6.07) is 8.13. The van der Waals surface area contributed by atoms with E-state index in [1.54, 1.807) is 0 Å². The number of aliphatic hydroxyl groups excluding tert-OH is 1. The van der Waals surface area contributed by atoms with Gasteiger partial charge in [0.1, 0.15) is 5.75 Å². The largest absolute Gasteiger partial charge is 0.465 e. The summed E-state index contributed by atoms with van der Waals surface area (Å²) < 4.78 is 11.7. The average molecular weight is 276 g/mol. The average Bonchev–Trinajstić information content (AvgIpc) is 2.50. The maximum Gasteiger partial charge on any atom is 0.199 e. The van der Waals surface area contributed by atoms with Crippen molar-refractivity contribution in [2.45, 2.75) is 63.3 Å². The molecule has 0 aromatic heterocycles. The van der Waals surface area contributed by atoms with Crippen LogP contribution in [0.1, 0.15) is 56.4 Å². The molecular formula is C17H24O3. The Labute approximate surface area is 120 Å². The van der Waals surface area contributed by atoms with E-state index in [9.17, 15) is 5.11 Å². The first-order valence-electron chi connectivity index (χ1n) is 7.90. The molecule has 1 aromatic rings. The molecule has 110 valence electrons. The second-order valence-corrected chi connectivity index (χ2v) is 5.91. The molecule has 1 aliphatic heterocycles. The van der Waals surface area contributed by atoms with Gasteiger partial charge in [-0.05, 0) is 37.3 Å². The Balaban J connectivity index is 1.76. The lowest BCUT2D eigenvalue weighted by atomic mass is 9.81. The molecule has 0 spiro atoms. The Hall–Kier alpha value is -1.06. The van der Waals surface area contributed by atoms with E-state index in [-0.39, 0.29) is 18.3 Å².